The SMILES string of the molecule is CNC(COC)C(O)C(O)C(=O)NCCC(C)c1nc(C=CCC2OC3(CC(O)C2C)OC(C(CC(O)C(C)C(O)C(C)C=C(C)C(C)=CC=CC(C)=CC#N)OC)C(OP(=O)(O)O)C3(C)C)co1. The largest absolute Gasteiger partial charge is 0.469 e. The number of likely N-dealkylation sites (N-methyl/N-ethyl adjacent to an activating group) is 1. The van der Waals surface area contributed by atoms with Gasteiger partial charge in [-0.25, -0.2) is 9.55 Å². The van der Waals surface area contributed by atoms with Crippen LogP contribution in [-0.2, 0) is 32.8 Å². The number of aromatic nitrogens is 1. The molecule has 69 heavy (non-hydrogen) atoms. The Bertz CT molecular complexity index is 2040. The molecule has 1 amide bonds. The monoisotopic (exact) mass is 995 g/mol. The van der Waals surface area contributed by atoms with Crippen LogP contribution in [0.15, 0.2) is 63.9 Å². The van der Waals surface area contributed by atoms with Gasteiger partial charge in [0, 0.05) is 68.8 Å². The molecule has 0 saturated carbocycles. The fraction of sp³-hybridized carbons (Fsp3) is 0.694. The number of nitriles is 1. The molecule has 0 bridgehead atoms. The quantitative estimate of drug-likeness (QED) is 0.0354. The van der Waals surface area contributed by atoms with E-state index in [4.69, 9.17) is 33.2 Å². The first-order valence-electron chi connectivity index (χ1n) is 23.5. The van der Waals surface area contributed by atoms with Gasteiger partial charge >= 0.3 is 7.82 Å². The number of rotatable bonds is 26. The van der Waals surface area contributed by atoms with E-state index in [1.54, 1.807) is 33.9 Å². The molecule has 1 aromatic heterocycles. The summed E-state index contributed by atoms with van der Waals surface area (Å²) in [5.74, 6) is -3.64. The summed E-state index contributed by atoms with van der Waals surface area (Å²) in [6.07, 6.45) is 4.07. The Labute approximate surface area is 407 Å². The number of phosphoric ester groups is 1. The summed E-state index contributed by atoms with van der Waals surface area (Å²) in [7, 11) is -0.735. The van der Waals surface area contributed by atoms with Crippen molar-refractivity contribution in [3.05, 3.63) is 71.0 Å². The lowest BCUT2D eigenvalue weighted by atomic mass is 9.72. The number of aliphatic hydroxyl groups is 5. The summed E-state index contributed by atoms with van der Waals surface area (Å²) in [4.78, 5) is 37.4. The van der Waals surface area contributed by atoms with Crippen LogP contribution in [0.1, 0.15) is 105 Å². The van der Waals surface area contributed by atoms with Crippen molar-refractivity contribution in [1.29, 1.82) is 5.26 Å². The number of hydrogen-bond acceptors (Lipinski definition) is 16. The van der Waals surface area contributed by atoms with Crippen LogP contribution >= 0.6 is 7.82 Å². The maximum Gasteiger partial charge on any atom is 0.469 e. The number of amides is 1. The number of nitrogens with one attached hydrogen (secondary N) is 2. The Morgan fingerprint density at radius 3 is 2.38 bits per heavy atom. The van der Waals surface area contributed by atoms with Gasteiger partial charge in [0.1, 0.15) is 30.3 Å². The summed E-state index contributed by atoms with van der Waals surface area (Å²) >= 11 is 0. The highest BCUT2D eigenvalue weighted by Crippen LogP contribution is 2.59. The Kier molecular flexibility index (Phi) is 23.3. The minimum atomic E-state index is -5.15. The summed E-state index contributed by atoms with van der Waals surface area (Å²) < 4.78 is 48.1. The standard InChI is InChI=1S/C49H79N4O15P/c1-28(19-21-50)15-13-16-29(2)31(4)23-32(5)41(56)34(7)37(54)24-40(64-12)44-45(68-69(60,61)62)48(8,9)49(67-44)25-38(55)33(6)39(66-49)18-14-17-35-26-65-47(53-35)30(3)20-22-52-46(59)43(58)42(57)36(51-10)27-63-11/h13-17,19,23,26,30,32-34,36-45,51,54-58H,18,20,22,24-25,27H2,1-12H3,(H,52,59)(H2,60,61,62). The van der Waals surface area contributed by atoms with Crippen LogP contribution in [-0.4, -0.2) is 147 Å². The van der Waals surface area contributed by atoms with E-state index < -0.39 is 97.7 Å². The van der Waals surface area contributed by atoms with Crippen LogP contribution < -0.4 is 10.6 Å². The summed E-state index contributed by atoms with van der Waals surface area (Å²) in [5.41, 5.74) is 1.87. The predicted octanol–water partition coefficient (Wildman–Crippen LogP) is 4.35. The third-order valence-electron chi connectivity index (χ3n) is 13.8. The number of oxazole rings is 1. The smallest absolute Gasteiger partial charge is 0.448 e. The van der Waals surface area contributed by atoms with E-state index in [2.05, 4.69) is 15.6 Å². The third kappa shape index (κ3) is 16.3. The first-order chi connectivity index (χ1) is 32.3. The van der Waals surface area contributed by atoms with Gasteiger partial charge in [-0.1, -0.05) is 77.5 Å². The number of methoxy groups -OCH3 is 2. The second kappa shape index (κ2) is 26.9. The second-order valence-electron chi connectivity index (χ2n) is 19.2. The van der Waals surface area contributed by atoms with Crippen LogP contribution in [0.4, 0.5) is 0 Å². The number of phosphoric acid groups is 1. The van der Waals surface area contributed by atoms with Crippen LogP contribution in [0.25, 0.3) is 6.08 Å². The molecule has 19 nitrogen and oxygen atoms in total. The molecule has 1 aromatic rings. The lowest BCUT2D eigenvalue weighted by molar-refractivity contribution is -0.334. The zero-order chi connectivity index (χ0) is 52.0. The Balaban J connectivity index is 1.74. The molecule has 3 rings (SSSR count). The van der Waals surface area contributed by atoms with E-state index in [0.717, 1.165) is 16.7 Å². The molecule has 0 aliphatic carbocycles. The van der Waals surface area contributed by atoms with Crippen molar-refractivity contribution >= 4 is 19.8 Å². The first kappa shape index (κ1) is 59.9. The van der Waals surface area contributed by atoms with Crippen molar-refractivity contribution in [3.8, 4) is 6.07 Å². The zero-order valence-electron chi connectivity index (χ0n) is 42.2. The van der Waals surface area contributed by atoms with E-state index in [0.29, 0.717) is 18.0 Å². The molecule has 0 radical (unpaired) electrons. The molecule has 390 valence electrons. The Morgan fingerprint density at radius 1 is 1.09 bits per heavy atom. The average molecular weight is 995 g/mol. The molecular weight excluding hydrogens is 916 g/mol. The summed E-state index contributed by atoms with van der Waals surface area (Å²) in [6, 6.07) is 1.35. The van der Waals surface area contributed by atoms with Gasteiger partial charge in [0.15, 0.2) is 17.8 Å². The molecule has 2 saturated heterocycles. The van der Waals surface area contributed by atoms with Gasteiger partial charge in [0.25, 0.3) is 5.91 Å². The minimum Gasteiger partial charge on any atom is -0.448 e. The number of carbonyl (C=O) groups excluding carboxylic acids is 1. The van der Waals surface area contributed by atoms with Gasteiger partial charge in [-0.15, -0.1) is 0 Å². The number of ether oxygens (including phenoxy) is 4. The van der Waals surface area contributed by atoms with E-state index in [-0.39, 0.29) is 44.2 Å². The third-order valence-corrected chi connectivity index (χ3v) is 14.3. The van der Waals surface area contributed by atoms with Gasteiger partial charge in [-0.05, 0) is 57.9 Å². The van der Waals surface area contributed by atoms with Crippen LogP contribution in [0, 0.1) is 34.5 Å². The Hall–Kier alpha value is -3.42. The van der Waals surface area contributed by atoms with E-state index >= 15 is 0 Å². The molecule has 0 aromatic carbocycles. The lowest BCUT2D eigenvalue weighted by Gasteiger charge is -2.50. The van der Waals surface area contributed by atoms with E-state index in [1.165, 1.54) is 26.6 Å². The van der Waals surface area contributed by atoms with Crippen LogP contribution in [0.2, 0.25) is 0 Å². The zero-order valence-corrected chi connectivity index (χ0v) is 43.1. The van der Waals surface area contributed by atoms with E-state index in [1.807, 2.05) is 78.0 Å². The molecule has 20 heteroatoms. The summed E-state index contributed by atoms with van der Waals surface area (Å²) in [6.45, 7) is 16.6. The number of carbonyl (C=O) groups is 1. The minimum absolute atomic E-state index is 0.0646. The maximum absolute atomic E-state index is 12.5. The van der Waals surface area contributed by atoms with Crippen molar-refractivity contribution in [2.45, 2.75) is 161 Å². The van der Waals surface area contributed by atoms with Gasteiger partial charge < -0.3 is 69.3 Å². The topological polar surface area (TPSA) is 296 Å². The molecule has 2 fully saturated rings. The number of aliphatic hydroxyl groups excluding tert-OH is 5. The molecule has 2 aliphatic heterocycles. The molecule has 9 N–H and O–H groups in total. The van der Waals surface area contributed by atoms with Crippen molar-refractivity contribution in [2.75, 3.05) is 34.4 Å². The average Bonchev–Trinajstić information content (AvgIpc) is 3.84. The van der Waals surface area contributed by atoms with Crippen molar-refractivity contribution in [3.63, 3.8) is 0 Å². The van der Waals surface area contributed by atoms with Crippen LogP contribution in [0.3, 0.4) is 0 Å². The number of nitrogens with zero attached hydrogens (tertiary/aromatic N) is 2. The highest BCUT2D eigenvalue weighted by molar-refractivity contribution is 7.46. The second-order valence-corrected chi connectivity index (χ2v) is 20.4. The van der Waals surface area contributed by atoms with Crippen LogP contribution in [0.5, 0.6) is 0 Å². The molecule has 15 atom stereocenters. The van der Waals surface area contributed by atoms with Gasteiger partial charge in [-0.3, -0.25) is 9.32 Å². The highest BCUT2D eigenvalue weighted by Gasteiger charge is 2.68. The molecule has 2 aliphatic rings. The van der Waals surface area contributed by atoms with Gasteiger partial charge in [0.2, 0.25) is 0 Å². The van der Waals surface area contributed by atoms with Gasteiger partial charge in [-0.2, -0.15) is 5.26 Å². The summed E-state index contributed by atoms with van der Waals surface area (Å²) in [5, 5.41) is 69.5. The molecule has 3 heterocycles. The number of allylic oxidation sites excluding steroid dienone is 7. The predicted molar refractivity (Wildman–Crippen MR) is 258 cm³/mol. The fourth-order valence-electron chi connectivity index (χ4n) is 8.78. The maximum atomic E-state index is 12.5. The van der Waals surface area contributed by atoms with E-state index in [9.17, 15) is 44.7 Å². The van der Waals surface area contributed by atoms with Crippen molar-refractivity contribution in [1.82, 2.24) is 15.6 Å². The van der Waals surface area contributed by atoms with Crippen molar-refractivity contribution < 1.29 is 72.6 Å². The first-order valence-corrected chi connectivity index (χ1v) is 25.0. The molecular formula is C49H79N4O15P. The number of hydrogen-bond donors (Lipinski definition) is 9. The highest BCUT2D eigenvalue weighted by atomic mass is 31.2. The molecule has 15 unspecified atom stereocenters. The Morgan fingerprint density at radius 2 is 1.77 bits per heavy atom. The molecule has 1 spiro atoms. The lowest BCUT2D eigenvalue weighted by Crippen LogP contribution is -2.58. The van der Waals surface area contributed by atoms with Gasteiger partial charge in [0.05, 0.1) is 49.2 Å². The van der Waals surface area contributed by atoms with Crippen molar-refractivity contribution in [2.24, 2.45) is 23.2 Å². The fourth-order valence-corrected chi connectivity index (χ4v) is 9.46. The normalized spacial score (nSPS) is 27.7.